The van der Waals surface area contributed by atoms with Crippen molar-refractivity contribution in [3.05, 3.63) is 29.2 Å². The first kappa shape index (κ1) is 24.6. The van der Waals surface area contributed by atoms with Crippen LogP contribution in [0.4, 0.5) is 11.6 Å². The topological polar surface area (TPSA) is 112 Å². The standard InChI is InChI=1S/C25H31ClN6O2S/c1-16-22(27)25(15-34-16)7-10-32(11-8-25)20-14-30-24(23(28)31-20)35-19-4-9-29-18(21(19)26)3-2-17-5-12-33-13-6-17/h4,9,14,16-17,22H,5-8,10-13,15,27H2,1H3,(H2,28,31)/t16-,22+/m0/s1. The molecule has 1 spiro atoms. The minimum atomic E-state index is 0.0636. The van der Waals surface area contributed by atoms with Crippen LogP contribution in [0.2, 0.25) is 5.02 Å². The molecule has 3 aliphatic rings. The van der Waals surface area contributed by atoms with Crippen molar-refractivity contribution in [2.24, 2.45) is 17.1 Å². The van der Waals surface area contributed by atoms with Gasteiger partial charge in [0.15, 0.2) is 5.82 Å². The minimum absolute atomic E-state index is 0.0636. The predicted octanol–water partition coefficient (Wildman–Crippen LogP) is 3.37. The molecule has 5 rings (SSSR count). The van der Waals surface area contributed by atoms with E-state index in [1.165, 1.54) is 11.8 Å². The summed E-state index contributed by atoms with van der Waals surface area (Å²) < 4.78 is 11.2. The maximum absolute atomic E-state index is 6.63. The van der Waals surface area contributed by atoms with Gasteiger partial charge in [-0.1, -0.05) is 29.3 Å². The molecule has 0 aromatic carbocycles. The van der Waals surface area contributed by atoms with E-state index in [-0.39, 0.29) is 17.6 Å². The van der Waals surface area contributed by atoms with Crippen molar-refractivity contribution >= 4 is 35.0 Å². The third-order valence-corrected chi connectivity index (χ3v) is 8.92. The second kappa shape index (κ2) is 10.5. The van der Waals surface area contributed by atoms with Gasteiger partial charge in [-0.2, -0.15) is 0 Å². The number of nitrogens with zero attached hydrogens (tertiary/aromatic N) is 4. The number of ether oxygens (including phenoxy) is 2. The van der Waals surface area contributed by atoms with Gasteiger partial charge < -0.3 is 25.8 Å². The van der Waals surface area contributed by atoms with Crippen molar-refractivity contribution in [2.45, 2.75) is 54.7 Å². The van der Waals surface area contributed by atoms with Crippen LogP contribution in [0, 0.1) is 23.2 Å². The Labute approximate surface area is 215 Å². The zero-order chi connectivity index (χ0) is 24.4. The van der Waals surface area contributed by atoms with Crippen molar-refractivity contribution in [2.75, 3.05) is 43.5 Å². The first-order valence-corrected chi connectivity index (χ1v) is 13.3. The minimum Gasteiger partial charge on any atom is -0.381 e. The van der Waals surface area contributed by atoms with Crippen LogP contribution in [0.3, 0.4) is 0 Å². The zero-order valence-electron chi connectivity index (χ0n) is 19.9. The van der Waals surface area contributed by atoms with Gasteiger partial charge in [0, 0.05) is 54.8 Å². The SMILES string of the molecule is C[C@@H]1OCC2(CCN(c3cnc(Sc4ccnc(C#CC5CCOCC5)c4Cl)c(N)n3)CC2)[C@@H]1N. The molecule has 4 N–H and O–H groups in total. The summed E-state index contributed by atoms with van der Waals surface area (Å²) in [5, 5.41) is 1.12. The second-order valence-corrected chi connectivity index (χ2v) is 10.9. The number of pyridine rings is 1. The lowest BCUT2D eigenvalue weighted by Crippen LogP contribution is -2.50. The summed E-state index contributed by atoms with van der Waals surface area (Å²) in [6.45, 7) is 6.02. The lowest BCUT2D eigenvalue weighted by Gasteiger charge is -2.41. The quantitative estimate of drug-likeness (QED) is 0.595. The van der Waals surface area contributed by atoms with Crippen molar-refractivity contribution in [1.29, 1.82) is 0 Å². The molecule has 0 radical (unpaired) electrons. The lowest BCUT2D eigenvalue weighted by atomic mass is 9.73. The van der Waals surface area contributed by atoms with Crippen molar-refractivity contribution in [3.63, 3.8) is 0 Å². The van der Waals surface area contributed by atoms with E-state index in [4.69, 9.17) is 32.5 Å². The first-order chi connectivity index (χ1) is 16.9. The average molecular weight is 515 g/mol. The maximum atomic E-state index is 6.63. The Hall–Kier alpha value is -2.09. The van der Waals surface area contributed by atoms with Crippen LogP contribution in [0.15, 0.2) is 28.4 Å². The third-order valence-electron chi connectivity index (χ3n) is 7.36. The molecule has 0 bridgehead atoms. The van der Waals surface area contributed by atoms with E-state index in [1.807, 2.05) is 6.07 Å². The number of aromatic nitrogens is 3. The maximum Gasteiger partial charge on any atom is 0.158 e. The Morgan fingerprint density at radius 1 is 1.23 bits per heavy atom. The van der Waals surface area contributed by atoms with Gasteiger partial charge >= 0.3 is 0 Å². The van der Waals surface area contributed by atoms with Gasteiger partial charge in [-0.25, -0.2) is 15.0 Å². The molecular formula is C25H31ClN6O2S. The van der Waals surface area contributed by atoms with Crippen LogP contribution in [0.25, 0.3) is 0 Å². The van der Waals surface area contributed by atoms with Gasteiger partial charge in [0.25, 0.3) is 0 Å². The smallest absolute Gasteiger partial charge is 0.158 e. The zero-order valence-corrected chi connectivity index (χ0v) is 21.4. The second-order valence-electron chi connectivity index (χ2n) is 9.54. The fraction of sp³-hybridized carbons (Fsp3) is 0.560. The number of halogens is 1. The summed E-state index contributed by atoms with van der Waals surface area (Å²) in [6.07, 6.45) is 7.43. The Morgan fingerprint density at radius 3 is 2.69 bits per heavy atom. The number of hydrogen-bond acceptors (Lipinski definition) is 9. The summed E-state index contributed by atoms with van der Waals surface area (Å²) in [4.78, 5) is 16.6. The van der Waals surface area contributed by atoms with Crippen molar-refractivity contribution in [1.82, 2.24) is 15.0 Å². The summed E-state index contributed by atoms with van der Waals surface area (Å²) in [5.74, 6) is 7.92. The van der Waals surface area contributed by atoms with E-state index in [2.05, 4.69) is 38.6 Å². The Balaban J connectivity index is 1.26. The van der Waals surface area contributed by atoms with Crippen molar-refractivity contribution < 1.29 is 9.47 Å². The van der Waals surface area contributed by atoms with E-state index in [0.29, 0.717) is 27.5 Å². The van der Waals surface area contributed by atoms with Gasteiger partial charge in [0.1, 0.15) is 16.5 Å². The molecule has 2 aromatic rings. The number of anilines is 2. The molecular weight excluding hydrogens is 484 g/mol. The summed E-state index contributed by atoms with van der Waals surface area (Å²) >= 11 is 8.01. The largest absolute Gasteiger partial charge is 0.381 e. The lowest BCUT2D eigenvalue weighted by molar-refractivity contribution is 0.0807. The average Bonchev–Trinajstić information content (AvgIpc) is 3.15. The molecule has 3 aliphatic heterocycles. The van der Waals surface area contributed by atoms with Gasteiger partial charge in [0.2, 0.25) is 0 Å². The number of nitrogen functional groups attached to an aromatic ring is 1. The number of rotatable bonds is 3. The van der Waals surface area contributed by atoms with Crippen LogP contribution in [-0.2, 0) is 9.47 Å². The normalized spacial score (nSPS) is 24.4. The molecule has 3 saturated heterocycles. The molecule has 10 heteroatoms. The Morgan fingerprint density at radius 2 is 2.00 bits per heavy atom. The van der Waals surface area contributed by atoms with Crippen LogP contribution >= 0.6 is 23.4 Å². The number of hydrogen-bond donors (Lipinski definition) is 2. The molecule has 2 atom stereocenters. The van der Waals surface area contributed by atoms with Crippen LogP contribution < -0.4 is 16.4 Å². The number of piperidine rings is 1. The number of nitrogens with two attached hydrogens (primary N) is 2. The summed E-state index contributed by atoms with van der Waals surface area (Å²) in [6, 6.07) is 1.93. The molecule has 8 nitrogen and oxygen atoms in total. The van der Waals surface area contributed by atoms with E-state index in [1.54, 1.807) is 12.4 Å². The highest BCUT2D eigenvalue weighted by molar-refractivity contribution is 7.99. The van der Waals surface area contributed by atoms with Crippen LogP contribution in [0.5, 0.6) is 0 Å². The van der Waals surface area contributed by atoms with Gasteiger partial charge in [-0.05, 0) is 44.6 Å². The highest BCUT2D eigenvalue weighted by Crippen LogP contribution is 2.42. The molecule has 2 aromatic heterocycles. The van der Waals surface area contributed by atoms with Crippen molar-refractivity contribution in [3.8, 4) is 11.8 Å². The molecule has 0 aliphatic carbocycles. The molecule has 0 amide bonds. The molecule has 0 saturated carbocycles. The highest BCUT2D eigenvalue weighted by atomic mass is 35.5. The fourth-order valence-electron chi connectivity index (χ4n) is 4.98. The molecule has 0 unspecified atom stereocenters. The van der Waals surface area contributed by atoms with Crippen LogP contribution in [-0.4, -0.2) is 60.0 Å². The molecule has 35 heavy (non-hydrogen) atoms. The first-order valence-electron chi connectivity index (χ1n) is 12.1. The third kappa shape index (κ3) is 5.23. The van der Waals surface area contributed by atoms with Gasteiger partial charge in [-0.15, -0.1) is 0 Å². The molecule has 186 valence electrons. The van der Waals surface area contributed by atoms with Gasteiger partial charge in [0.05, 0.1) is 23.9 Å². The molecule has 3 fully saturated rings. The van der Waals surface area contributed by atoms with E-state index in [0.717, 1.165) is 69.3 Å². The van der Waals surface area contributed by atoms with Crippen LogP contribution in [0.1, 0.15) is 38.3 Å². The molecule has 5 heterocycles. The highest BCUT2D eigenvalue weighted by Gasteiger charge is 2.47. The van der Waals surface area contributed by atoms with E-state index < -0.39 is 0 Å². The van der Waals surface area contributed by atoms with E-state index >= 15 is 0 Å². The fourth-order valence-corrected chi connectivity index (χ4v) is 6.03. The monoisotopic (exact) mass is 514 g/mol. The van der Waals surface area contributed by atoms with Gasteiger partial charge in [-0.3, -0.25) is 0 Å². The predicted molar refractivity (Wildman–Crippen MR) is 138 cm³/mol. The Kier molecular flexibility index (Phi) is 7.37. The van der Waals surface area contributed by atoms with E-state index in [9.17, 15) is 0 Å². The Bertz CT molecular complexity index is 1120. The summed E-state index contributed by atoms with van der Waals surface area (Å²) in [7, 11) is 0. The summed E-state index contributed by atoms with van der Waals surface area (Å²) in [5.41, 5.74) is 13.4.